The summed E-state index contributed by atoms with van der Waals surface area (Å²) in [7, 11) is 2.85. The van der Waals surface area contributed by atoms with Gasteiger partial charge in [-0.15, -0.1) is 0 Å². The maximum atomic E-state index is 11.7. The van der Waals surface area contributed by atoms with Crippen molar-refractivity contribution in [2.24, 2.45) is 0 Å². The van der Waals surface area contributed by atoms with Gasteiger partial charge in [0.2, 0.25) is 5.88 Å². The van der Waals surface area contributed by atoms with E-state index in [1.54, 1.807) is 12.1 Å². The Kier molecular flexibility index (Phi) is 4.77. The number of hydrogen-bond donors (Lipinski definition) is 1. The SMILES string of the molecule is CCc1cccc(Nc2cc(C(=O)OC)cc(OC)n2)c1. The third-order valence-electron chi connectivity index (χ3n) is 3.04. The molecule has 0 amide bonds. The number of anilines is 2. The Labute approximate surface area is 123 Å². The average Bonchev–Trinajstić information content (AvgIpc) is 2.53. The number of carbonyl (C=O) groups excluding carboxylic acids is 1. The third-order valence-corrected chi connectivity index (χ3v) is 3.04. The van der Waals surface area contributed by atoms with Gasteiger partial charge in [-0.1, -0.05) is 19.1 Å². The Morgan fingerprint density at radius 3 is 2.71 bits per heavy atom. The molecule has 1 heterocycles. The summed E-state index contributed by atoms with van der Waals surface area (Å²) < 4.78 is 9.84. The van der Waals surface area contributed by atoms with Crippen molar-refractivity contribution in [1.29, 1.82) is 0 Å². The van der Waals surface area contributed by atoms with Gasteiger partial charge in [-0.05, 0) is 30.2 Å². The number of nitrogens with one attached hydrogen (secondary N) is 1. The van der Waals surface area contributed by atoms with Gasteiger partial charge in [-0.2, -0.15) is 4.98 Å². The fraction of sp³-hybridized carbons (Fsp3) is 0.250. The number of benzene rings is 1. The first-order chi connectivity index (χ1) is 10.2. The fourth-order valence-electron chi connectivity index (χ4n) is 1.93. The standard InChI is InChI=1S/C16H18N2O3/c1-4-11-6-5-7-13(8-11)17-14-9-12(16(19)21-3)10-15(18-14)20-2/h5-10H,4H2,1-3H3,(H,17,18). The summed E-state index contributed by atoms with van der Waals surface area (Å²) in [5.74, 6) is 0.455. The highest BCUT2D eigenvalue weighted by atomic mass is 16.5. The molecule has 5 nitrogen and oxygen atoms in total. The highest BCUT2D eigenvalue weighted by molar-refractivity contribution is 5.90. The van der Waals surface area contributed by atoms with E-state index < -0.39 is 5.97 Å². The van der Waals surface area contributed by atoms with E-state index in [-0.39, 0.29) is 0 Å². The molecule has 0 atom stereocenters. The number of carbonyl (C=O) groups is 1. The van der Waals surface area contributed by atoms with Gasteiger partial charge in [0.1, 0.15) is 5.82 Å². The zero-order chi connectivity index (χ0) is 15.2. The average molecular weight is 286 g/mol. The van der Waals surface area contributed by atoms with Gasteiger partial charge < -0.3 is 14.8 Å². The Hall–Kier alpha value is -2.56. The molecule has 0 saturated heterocycles. The lowest BCUT2D eigenvalue weighted by atomic mass is 10.1. The molecule has 0 bridgehead atoms. The molecule has 0 aliphatic carbocycles. The Bertz CT molecular complexity index is 641. The minimum absolute atomic E-state index is 0.354. The number of hydrogen-bond acceptors (Lipinski definition) is 5. The monoisotopic (exact) mass is 286 g/mol. The van der Waals surface area contributed by atoms with Gasteiger partial charge in [0.05, 0.1) is 19.8 Å². The molecule has 0 unspecified atom stereocenters. The Morgan fingerprint density at radius 2 is 2.05 bits per heavy atom. The van der Waals surface area contributed by atoms with Gasteiger partial charge >= 0.3 is 5.97 Å². The molecule has 5 heteroatoms. The molecule has 110 valence electrons. The largest absolute Gasteiger partial charge is 0.481 e. The van der Waals surface area contributed by atoms with Crippen molar-refractivity contribution in [3.8, 4) is 5.88 Å². The van der Waals surface area contributed by atoms with Crippen molar-refractivity contribution in [3.63, 3.8) is 0 Å². The highest BCUT2D eigenvalue weighted by Gasteiger charge is 2.10. The topological polar surface area (TPSA) is 60.5 Å². The third kappa shape index (κ3) is 3.72. The fourth-order valence-corrected chi connectivity index (χ4v) is 1.93. The molecule has 0 radical (unpaired) electrons. The number of pyridine rings is 1. The molecule has 0 spiro atoms. The van der Waals surface area contributed by atoms with Gasteiger partial charge in [-0.25, -0.2) is 4.79 Å². The predicted molar refractivity (Wildman–Crippen MR) is 81.2 cm³/mol. The van der Waals surface area contributed by atoms with Crippen LogP contribution in [0.2, 0.25) is 0 Å². The molecule has 0 saturated carbocycles. The van der Waals surface area contributed by atoms with Crippen LogP contribution in [0.1, 0.15) is 22.8 Å². The van der Waals surface area contributed by atoms with Crippen molar-refractivity contribution in [3.05, 3.63) is 47.5 Å². The van der Waals surface area contributed by atoms with Crippen molar-refractivity contribution in [2.45, 2.75) is 13.3 Å². The second kappa shape index (κ2) is 6.74. The number of nitrogens with zero attached hydrogens (tertiary/aromatic N) is 1. The molecule has 0 aliphatic rings. The van der Waals surface area contributed by atoms with Crippen LogP contribution in [0, 0.1) is 0 Å². The number of aryl methyl sites for hydroxylation is 1. The lowest BCUT2D eigenvalue weighted by Gasteiger charge is -2.10. The summed E-state index contributed by atoms with van der Waals surface area (Å²) in [6.07, 6.45) is 0.953. The summed E-state index contributed by atoms with van der Waals surface area (Å²) in [5, 5.41) is 3.17. The van der Waals surface area contributed by atoms with Crippen LogP contribution in [0.5, 0.6) is 5.88 Å². The van der Waals surface area contributed by atoms with E-state index in [0.29, 0.717) is 17.3 Å². The molecule has 2 aromatic rings. The molecule has 1 aromatic heterocycles. The van der Waals surface area contributed by atoms with Crippen molar-refractivity contribution in [2.75, 3.05) is 19.5 Å². The molecule has 0 fully saturated rings. The van der Waals surface area contributed by atoms with Crippen LogP contribution in [0.15, 0.2) is 36.4 Å². The first-order valence-electron chi connectivity index (χ1n) is 6.66. The van der Waals surface area contributed by atoms with E-state index in [1.807, 2.05) is 18.2 Å². The van der Waals surface area contributed by atoms with Gasteiger partial charge in [0.15, 0.2) is 0 Å². The molecule has 0 aliphatic heterocycles. The van der Waals surface area contributed by atoms with Crippen LogP contribution in [-0.4, -0.2) is 25.2 Å². The summed E-state index contributed by atoms with van der Waals surface area (Å²) in [6.45, 7) is 2.10. The van der Waals surface area contributed by atoms with Gasteiger partial charge in [0.25, 0.3) is 0 Å². The normalized spacial score (nSPS) is 10.0. The van der Waals surface area contributed by atoms with Gasteiger partial charge in [0, 0.05) is 11.8 Å². The number of rotatable bonds is 5. The quantitative estimate of drug-likeness (QED) is 0.855. The lowest BCUT2D eigenvalue weighted by molar-refractivity contribution is 0.0600. The Morgan fingerprint density at radius 1 is 1.24 bits per heavy atom. The number of esters is 1. The first kappa shape index (κ1) is 14.8. The minimum Gasteiger partial charge on any atom is -0.481 e. The lowest BCUT2D eigenvalue weighted by Crippen LogP contribution is -2.05. The van der Waals surface area contributed by atoms with Crippen molar-refractivity contribution < 1.29 is 14.3 Å². The van der Waals surface area contributed by atoms with Crippen LogP contribution in [-0.2, 0) is 11.2 Å². The second-order valence-electron chi connectivity index (χ2n) is 4.45. The van der Waals surface area contributed by atoms with Crippen LogP contribution in [0.4, 0.5) is 11.5 Å². The van der Waals surface area contributed by atoms with E-state index in [0.717, 1.165) is 12.1 Å². The zero-order valence-corrected chi connectivity index (χ0v) is 12.3. The van der Waals surface area contributed by atoms with Crippen molar-refractivity contribution >= 4 is 17.5 Å². The Balaban J connectivity index is 2.32. The number of methoxy groups -OCH3 is 2. The van der Waals surface area contributed by atoms with Crippen LogP contribution in [0.25, 0.3) is 0 Å². The minimum atomic E-state index is -0.430. The maximum absolute atomic E-state index is 11.7. The molecular formula is C16H18N2O3. The maximum Gasteiger partial charge on any atom is 0.338 e. The van der Waals surface area contributed by atoms with Crippen LogP contribution < -0.4 is 10.1 Å². The second-order valence-corrected chi connectivity index (χ2v) is 4.45. The predicted octanol–water partition coefficient (Wildman–Crippen LogP) is 3.18. The first-order valence-corrected chi connectivity index (χ1v) is 6.66. The van der Waals surface area contributed by atoms with Crippen molar-refractivity contribution in [1.82, 2.24) is 4.98 Å². The summed E-state index contributed by atoms with van der Waals surface area (Å²) in [4.78, 5) is 15.9. The van der Waals surface area contributed by atoms with Crippen LogP contribution >= 0.6 is 0 Å². The van der Waals surface area contributed by atoms with Gasteiger partial charge in [-0.3, -0.25) is 0 Å². The molecule has 1 N–H and O–H groups in total. The van der Waals surface area contributed by atoms with E-state index in [1.165, 1.54) is 19.8 Å². The van der Waals surface area contributed by atoms with E-state index >= 15 is 0 Å². The molecule has 2 rings (SSSR count). The van der Waals surface area contributed by atoms with Crippen LogP contribution in [0.3, 0.4) is 0 Å². The van der Waals surface area contributed by atoms with E-state index in [2.05, 4.69) is 23.3 Å². The number of ether oxygens (including phenoxy) is 2. The highest BCUT2D eigenvalue weighted by Crippen LogP contribution is 2.21. The summed E-state index contributed by atoms with van der Waals surface area (Å²) >= 11 is 0. The molecule has 21 heavy (non-hydrogen) atoms. The molecular weight excluding hydrogens is 268 g/mol. The molecule has 1 aromatic carbocycles. The smallest absolute Gasteiger partial charge is 0.338 e. The summed E-state index contributed by atoms with van der Waals surface area (Å²) in [5.41, 5.74) is 2.51. The number of aromatic nitrogens is 1. The summed E-state index contributed by atoms with van der Waals surface area (Å²) in [6, 6.07) is 11.2. The zero-order valence-electron chi connectivity index (χ0n) is 12.3. The van der Waals surface area contributed by atoms with E-state index in [4.69, 9.17) is 9.47 Å². The van der Waals surface area contributed by atoms with E-state index in [9.17, 15) is 4.79 Å².